The number of nitrogens with two attached hydrogens (primary N) is 1. The van der Waals surface area contributed by atoms with Crippen molar-refractivity contribution in [2.75, 3.05) is 12.0 Å². The molecule has 14 heteroatoms. The number of methoxy groups -OCH3 is 1. The van der Waals surface area contributed by atoms with E-state index in [0.29, 0.717) is 32.5 Å². The number of ether oxygens (including phenoxy) is 1. The largest absolute Gasteiger partial charge is 0.508 e. The quantitative estimate of drug-likeness (QED) is 0.213. The van der Waals surface area contributed by atoms with Gasteiger partial charge in [0.25, 0.3) is 0 Å². The Labute approximate surface area is 295 Å². The van der Waals surface area contributed by atoms with Crippen LogP contribution in [0.25, 0.3) is 20.7 Å². The normalized spacial score (nSPS) is 27.5. The number of nitrogens with zero attached hydrogens (tertiary/aromatic N) is 4. The molecule has 2 saturated heterocycles. The number of aryl methyl sites for hydroxylation is 2. The number of primary amides is 1. The van der Waals surface area contributed by atoms with Crippen LogP contribution in [-0.2, 0) is 26.2 Å². The van der Waals surface area contributed by atoms with Crippen LogP contribution in [0.2, 0.25) is 5.02 Å². The number of benzene rings is 2. The van der Waals surface area contributed by atoms with Gasteiger partial charge in [-0.05, 0) is 80.0 Å². The molecular weight excluding hydrogens is 682 g/mol. The molecule has 4 heterocycles. The number of anilines is 1. The van der Waals surface area contributed by atoms with Gasteiger partial charge in [0.05, 0.1) is 35.2 Å². The predicted octanol–water partition coefficient (Wildman–Crippen LogP) is 5.29. The fourth-order valence-corrected chi connectivity index (χ4v) is 10.2. The molecule has 256 valence electrons. The Morgan fingerprint density at radius 2 is 1.84 bits per heavy atom. The van der Waals surface area contributed by atoms with Gasteiger partial charge in [-0.15, -0.1) is 11.3 Å². The summed E-state index contributed by atoms with van der Waals surface area (Å²) < 4.78 is 8.02. The van der Waals surface area contributed by atoms with E-state index in [-0.39, 0.29) is 24.4 Å². The monoisotopic (exact) mass is 713 g/mol. The Morgan fingerprint density at radius 1 is 1.08 bits per heavy atom. The lowest BCUT2D eigenvalue weighted by molar-refractivity contribution is -0.136. The second-order valence-corrected chi connectivity index (χ2v) is 15.1. The number of amides is 6. The standard InChI is InChI=1S/C36H32ClN5O7S/c1-15-20-11-16(37)5-10-26(20)50-30(15)24-14-27(40(3)39-24)41-32(45)23-13-21-18(7-8-19-28(21)33(46)42(31(19)44)35(38)48)29(36(23,2)34(41)47)22-12-17(49-4)6-9-25(22)43/h5-7,9-12,14,19,21,23,28-29,43H,8,13H2,1-4H3,(H2,38,48). The van der Waals surface area contributed by atoms with Crippen LogP contribution in [0.3, 0.4) is 0 Å². The number of phenolic OH excluding ortho intramolecular Hbond substituents is 1. The van der Waals surface area contributed by atoms with Gasteiger partial charge < -0.3 is 15.6 Å². The molecule has 0 spiro atoms. The van der Waals surface area contributed by atoms with Crippen LogP contribution >= 0.6 is 22.9 Å². The number of carbonyl (C=O) groups excluding carboxylic acids is 5. The van der Waals surface area contributed by atoms with Gasteiger partial charge in [-0.2, -0.15) is 10.00 Å². The molecule has 50 heavy (non-hydrogen) atoms. The van der Waals surface area contributed by atoms with Gasteiger partial charge in [-0.3, -0.25) is 23.9 Å². The molecule has 4 aromatic rings. The number of phenols is 1. The minimum atomic E-state index is -1.42. The predicted molar refractivity (Wildman–Crippen MR) is 184 cm³/mol. The summed E-state index contributed by atoms with van der Waals surface area (Å²) in [6.07, 6.45) is 2.02. The summed E-state index contributed by atoms with van der Waals surface area (Å²) in [5.74, 6) is -6.09. The lowest BCUT2D eigenvalue weighted by Gasteiger charge is -2.49. The van der Waals surface area contributed by atoms with E-state index in [4.69, 9.17) is 27.2 Å². The number of likely N-dealkylation sites (tertiary alicyclic amines) is 1. The molecule has 6 amide bonds. The highest BCUT2D eigenvalue weighted by Gasteiger charge is 2.68. The molecule has 2 aromatic carbocycles. The molecule has 8 rings (SSSR count). The molecule has 2 aromatic heterocycles. The highest BCUT2D eigenvalue weighted by molar-refractivity contribution is 7.22. The molecular formula is C36H32ClN5O7S. The van der Waals surface area contributed by atoms with Gasteiger partial charge in [-0.1, -0.05) is 23.3 Å². The SMILES string of the molecule is COc1ccc(O)c(C2C3=CCC4C(=O)N(C(N)=O)C(=O)C4C3CC3C(=O)N(c4cc(-c5sc6ccc(Cl)cc6c5C)nn4C)C(=O)C32C)c1. The van der Waals surface area contributed by atoms with Crippen molar-refractivity contribution in [3.63, 3.8) is 0 Å². The number of allylic oxidation sites excluding steroid dienone is 2. The average molecular weight is 714 g/mol. The Bertz CT molecular complexity index is 2260. The number of aromatic hydroxyl groups is 1. The molecule has 2 aliphatic heterocycles. The van der Waals surface area contributed by atoms with E-state index in [0.717, 1.165) is 25.4 Å². The van der Waals surface area contributed by atoms with Crippen molar-refractivity contribution in [3.05, 3.63) is 70.3 Å². The zero-order valence-electron chi connectivity index (χ0n) is 27.5. The van der Waals surface area contributed by atoms with Crippen molar-refractivity contribution >= 4 is 68.5 Å². The topological polar surface area (TPSA) is 165 Å². The molecule has 2 aliphatic carbocycles. The Balaban J connectivity index is 1.27. The summed E-state index contributed by atoms with van der Waals surface area (Å²) >= 11 is 7.81. The lowest BCUT2D eigenvalue weighted by Crippen LogP contribution is -2.49. The molecule has 6 atom stereocenters. The first-order valence-electron chi connectivity index (χ1n) is 16.1. The van der Waals surface area contributed by atoms with E-state index < -0.39 is 64.7 Å². The van der Waals surface area contributed by atoms with Crippen LogP contribution in [0.4, 0.5) is 10.6 Å². The first-order valence-corrected chi connectivity index (χ1v) is 17.3. The van der Waals surface area contributed by atoms with Gasteiger partial charge in [-0.25, -0.2) is 9.69 Å². The number of thiophene rings is 1. The van der Waals surface area contributed by atoms with Crippen molar-refractivity contribution < 1.29 is 33.8 Å². The van der Waals surface area contributed by atoms with Crippen molar-refractivity contribution in [1.29, 1.82) is 0 Å². The summed E-state index contributed by atoms with van der Waals surface area (Å²) in [5.41, 5.74) is 6.59. The third-order valence-corrected chi connectivity index (χ3v) is 12.8. The number of hydrogen-bond donors (Lipinski definition) is 2. The average Bonchev–Trinajstić information content (AvgIpc) is 3.75. The second-order valence-electron chi connectivity index (χ2n) is 13.6. The first kappa shape index (κ1) is 32.2. The third kappa shape index (κ3) is 4.22. The third-order valence-electron chi connectivity index (χ3n) is 11.3. The van der Waals surface area contributed by atoms with Crippen molar-refractivity contribution in [3.8, 4) is 22.1 Å². The first-order chi connectivity index (χ1) is 23.8. The van der Waals surface area contributed by atoms with Gasteiger partial charge >= 0.3 is 6.03 Å². The zero-order chi connectivity index (χ0) is 35.5. The zero-order valence-corrected chi connectivity index (χ0v) is 29.0. The fourth-order valence-electron chi connectivity index (χ4n) is 8.90. The fraction of sp³-hybridized carbons (Fsp3) is 0.333. The smallest absolute Gasteiger partial charge is 0.328 e. The van der Waals surface area contributed by atoms with E-state index in [2.05, 4.69) is 0 Å². The molecule has 3 N–H and O–H groups in total. The number of fused-ring (bicyclic) bond motifs is 5. The molecule has 4 aliphatic rings. The van der Waals surface area contributed by atoms with E-state index in [1.165, 1.54) is 29.2 Å². The van der Waals surface area contributed by atoms with Gasteiger partial charge in [0, 0.05) is 34.3 Å². The Hall–Kier alpha value is -5.01. The minimum absolute atomic E-state index is 0.0678. The number of imide groups is 4. The number of halogens is 1. The minimum Gasteiger partial charge on any atom is -0.508 e. The van der Waals surface area contributed by atoms with Gasteiger partial charge in [0.15, 0.2) is 0 Å². The van der Waals surface area contributed by atoms with Crippen molar-refractivity contribution in [2.24, 2.45) is 41.9 Å². The molecule has 3 fully saturated rings. The maximum Gasteiger partial charge on any atom is 0.328 e. The summed E-state index contributed by atoms with van der Waals surface area (Å²) in [6, 6.07) is 10.9. The summed E-state index contributed by atoms with van der Waals surface area (Å²) in [7, 11) is 3.15. The van der Waals surface area contributed by atoms with Crippen LogP contribution < -0.4 is 15.4 Å². The van der Waals surface area contributed by atoms with Crippen molar-refractivity contribution in [1.82, 2.24) is 14.7 Å². The number of aromatic nitrogens is 2. The van der Waals surface area contributed by atoms with Gasteiger partial charge in [0.1, 0.15) is 23.0 Å². The Morgan fingerprint density at radius 3 is 2.56 bits per heavy atom. The number of carbonyl (C=O) groups is 5. The number of rotatable bonds is 4. The molecule has 0 radical (unpaired) electrons. The summed E-state index contributed by atoms with van der Waals surface area (Å²) in [6.45, 7) is 3.70. The van der Waals surface area contributed by atoms with Crippen LogP contribution in [0.15, 0.2) is 54.1 Å². The van der Waals surface area contributed by atoms with E-state index >= 15 is 0 Å². The Kier molecular flexibility index (Phi) is 7.08. The second kappa shape index (κ2) is 11.0. The number of urea groups is 1. The summed E-state index contributed by atoms with van der Waals surface area (Å²) in [5, 5.41) is 17.6. The van der Waals surface area contributed by atoms with Crippen LogP contribution in [0.1, 0.15) is 36.8 Å². The molecule has 6 unspecified atom stereocenters. The molecule has 12 nitrogen and oxygen atoms in total. The molecule has 0 bridgehead atoms. The maximum absolute atomic E-state index is 14.9. The van der Waals surface area contributed by atoms with Crippen molar-refractivity contribution in [2.45, 2.75) is 32.6 Å². The van der Waals surface area contributed by atoms with Crippen LogP contribution in [0, 0.1) is 36.0 Å². The van der Waals surface area contributed by atoms with E-state index in [9.17, 15) is 29.1 Å². The van der Waals surface area contributed by atoms with E-state index in [1.54, 1.807) is 32.2 Å². The highest BCUT2D eigenvalue weighted by Crippen LogP contribution is 2.64. The summed E-state index contributed by atoms with van der Waals surface area (Å²) in [4.78, 5) is 71.3. The van der Waals surface area contributed by atoms with E-state index in [1.807, 2.05) is 31.2 Å². The molecule has 1 saturated carbocycles. The van der Waals surface area contributed by atoms with Crippen LogP contribution in [-0.4, -0.2) is 56.6 Å². The lowest BCUT2D eigenvalue weighted by atomic mass is 9.51. The maximum atomic E-state index is 14.9. The van der Waals surface area contributed by atoms with Crippen LogP contribution in [0.5, 0.6) is 11.5 Å². The highest BCUT2D eigenvalue weighted by atomic mass is 35.5. The number of hydrogen-bond acceptors (Lipinski definition) is 9. The van der Waals surface area contributed by atoms with Gasteiger partial charge in [0.2, 0.25) is 23.6 Å².